The van der Waals surface area contributed by atoms with Gasteiger partial charge in [-0.3, -0.25) is 4.98 Å². The van der Waals surface area contributed by atoms with Crippen LogP contribution in [0.4, 0.5) is 0 Å². The second-order valence-corrected chi connectivity index (χ2v) is 6.62. The van der Waals surface area contributed by atoms with Crippen LogP contribution in [-0.2, 0) is 14.9 Å². The van der Waals surface area contributed by atoms with E-state index in [2.05, 4.69) is 4.98 Å². The predicted molar refractivity (Wildman–Crippen MR) is 81.9 cm³/mol. The zero-order valence-corrected chi connectivity index (χ0v) is 12.5. The van der Waals surface area contributed by atoms with E-state index < -0.39 is 12.7 Å². The molecule has 0 radical (unpaired) electrons. The van der Waals surface area contributed by atoms with Crippen molar-refractivity contribution in [3.8, 4) is 0 Å². The van der Waals surface area contributed by atoms with Gasteiger partial charge in [0.25, 0.3) is 0 Å². The van der Waals surface area contributed by atoms with Gasteiger partial charge < -0.3 is 14.4 Å². The molecule has 0 bridgehead atoms. The van der Waals surface area contributed by atoms with Gasteiger partial charge in [0.15, 0.2) is 0 Å². The van der Waals surface area contributed by atoms with E-state index in [-0.39, 0.29) is 18.6 Å². The topological polar surface area (TPSA) is 51.6 Å². The molecule has 2 rings (SSSR count). The lowest BCUT2D eigenvalue weighted by Crippen LogP contribution is -2.41. The van der Waals surface area contributed by atoms with Crippen molar-refractivity contribution in [3.63, 3.8) is 0 Å². The van der Waals surface area contributed by atoms with Crippen LogP contribution in [0, 0.1) is 0 Å². The minimum absolute atomic E-state index is 0. The minimum Gasteiger partial charge on any atom is -0.399 e. The predicted octanol–water partition coefficient (Wildman–Crippen LogP) is 2.24. The number of nitrogens with zero attached hydrogens (tertiary/aromatic N) is 1. The Morgan fingerprint density at radius 3 is 1.95 bits per heavy atom. The van der Waals surface area contributed by atoms with Gasteiger partial charge in [-0.05, 0) is 47.6 Å². The van der Waals surface area contributed by atoms with Crippen LogP contribution in [0.25, 0.3) is 0 Å². The molecule has 2 heterocycles. The van der Waals surface area contributed by atoms with Crippen molar-refractivity contribution >= 4 is 12.6 Å². The zero-order chi connectivity index (χ0) is 14.5. The summed E-state index contributed by atoms with van der Waals surface area (Å²) in [5, 5.41) is 9.89. The third-order valence-corrected chi connectivity index (χ3v) is 3.94. The normalized spacial score (nSPS) is 20.6. The summed E-state index contributed by atoms with van der Waals surface area (Å²) >= 11 is 0. The van der Waals surface area contributed by atoms with E-state index in [1.807, 2.05) is 33.8 Å². The number of aliphatic hydroxyl groups is 1. The molecule has 0 unspecified atom stereocenters. The van der Waals surface area contributed by atoms with E-state index in [9.17, 15) is 5.11 Å². The molecule has 112 valence electrons. The van der Waals surface area contributed by atoms with E-state index in [0.717, 1.165) is 5.46 Å². The second-order valence-electron chi connectivity index (χ2n) is 6.62. The highest BCUT2D eigenvalue weighted by molar-refractivity contribution is 6.62. The molecule has 1 fully saturated rings. The first-order valence-corrected chi connectivity index (χ1v) is 6.57. The van der Waals surface area contributed by atoms with Crippen LogP contribution in [0.3, 0.4) is 0 Å². The Hall–Kier alpha value is -0.905. The SMILES string of the molecule is C.CC1(C)OB(c2ccc([13C]([13CH3])([13CH3])O)nc2)OC1(C)C. The van der Waals surface area contributed by atoms with Crippen LogP contribution in [0.15, 0.2) is 18.3 Å². The van der Waals surface area contributed by atoms with Crippen LogP contribution < -0.4 is 5.46 Å². The number of rotatable bonds is 2. The molecule has 0 atom stereocenters. The maximum atomic E-state index is 9.89. The van der Waals surface area contributed by atoms with Gasteiger partial charge in [-0.1, -0.05) is 13.5 Å². The molecule has 20 heavy (non-hydrogen) atoms. The summed E-state index contributed by atoms with van der Waals surface area (Å²) < 4.78 is 11.9. The Bertz CT molecular complexity index is 447. The van der Waals surface area contributed by atoms with Crippen LogP contribution in [0.2, 0.25) is 0 Å². The molecular weight excluding hydrogens is 256 g/mol. The highest BCUT2D eigenvalue weighted by Gasteiger charge is 2.51. The number of aromatic nitrogens is 1. The minimum atomic E-state index is -0.936. The Balaban J connectivity index is 0.00000200. The van der Waals surface area contributed by atoms with Crippen molar-refractivity contribution in [1.29, 1.82) is 0 Å². The van der Waals surface area contributed by atoms with Crippen molar-refractivity contribution in [2.45, 2.75) is 65.8 Å². The molecule has 0 aliphatic carbocycles. The summed E-state index contributed by atoms with van der Waals surface area (Å²) in [4.78, 5) is 4.28. The largest absolute Gasteiger partial charge is 0.496 e. The average Bonchev–Trinajstić information content (AvgIpc) is 2.47. The van der Waals surface area contributed by atoms with Gasteiger partial charge in [-0.2, -0.15) is 0 Å². The molecule has 4 nitrogen and oxygen atoms in total. The van der Waals surface area contributed by atoms with E-state index in [0.29, 0.717) is 5.69 Å². The molecule has 1 N–H and O–H groups in total. The molecule has 1 saturated heterocycles. The fourth-order valence-corrected chi connectivity index (χ4v) is 1.89. The van der Waals surface area contributed by atoms with Crippen LogP contribution in [-0.4, -0.2) is 28.4 Å². The van der Waals surface area contributed by atoms with Crippen molar-refractivity contribution in [2.75, 3.05) is 0 Å². The maximum absolute atomic E-state index is 9.89. The lowest BCUT2D eigenvalue weighted by Gasteiger charge is -2.32. The van der Waals surface area contributed by atoms with Gasteiger partial charge in [0.1, 0.15) is 5.60 Å². The van der Waals surface area contributed by atoms with E-state index in [4.69, 9.17) is 9.31 Å². The van der Waals surface area contributed by atoms with Crippen molar-refractivity contribution in [3.05, 3.63) is 24.0 Å². The fraction of sp³-hybridized carbons (Fsp3) is 0.667. The van der Waals surface area contributed by atoms with E-state index >= 15 is 0 Å². The fourth-order valence-electron chi connectivity index (χ4n) is 1.89. The highest BCUT2D eigenvalue weighted by atomic mass is 16.7. The number of pyridine rings is 1. The summed E-state index contributed by atoms with van der Waals surface area (Å²) in [5.74, 6) is 0. The Morgan fingerprint density at radius 2 is 1.60 bits per heavy atom. The van der Waals surface area contributed by atoms with E-state index in [1.165, 1.54) is 0 Å². The second kappa shape index (κ2) is 5.13. The van der Waals surface area contributed by atoms with E-state index in [1.54, 1.807) is 26.1 Å². The van der Waals surface area contributed by atoms with Crippen molar-refractivity contribution in [1.82, 2.24) is 4.98 Å². The van der Waals surface area contributed by atoms with Gasteiger partial charge in [0, 0.05) is 11.7 Å². The molecule has 0 amide bonds. The quantitative estimate of drug-likeness (QED) is 0.667. The van der Waals surface area contributed by atoms with Gasteiger partial charge >= 0.3 is 7.12 Å². The third-order valence-electron chi connectivity index (χ3n) is 3.94. The molecular formula is C15H26BNO3. The Labute approximate surface area is 122 Å². The summed E-state index contributed by atoms with van der Waals surface area (Å²) in [6, 6.07) is 3.70. The van der Waals surface area contributed by atoms with Crippen LogP contribution >= 0.6 is 0 Å². The Kier molecular flexibility index (Phi) is 4.40. The first kappa shape index (κ1) is 17.1. The zero-order valence-electron chi connectivity index (χ0n) is 12.5. The number of hydrogen-bond donors (Lipinski definition) is 1. The van der Waals surface area contributed by atoms with Gasteiger partial charge in [-0.25, -0.2) is 0 Å². The molecule has 5 heteroatoms. The Morgan fingerprint density at radius 1 is 1.10 bits per heavy atom. The molecule has 0 aromatic carbocycles. The van der Waals surface area contributed by atoms with Gasteiger partial charge in [0.2, 0.25) is 0 Å². The van der Waals surface area contributed by atoms with Crippen molar-refractivity contribution < 1.29 is 14.4 Å². The maximum Gasteiger partial charge on any atom is 0.496 e. The molecule has 0 spiro atoms. The standard InChI is InChI=1S/C14H22BNO3.CH4/c1-12(2,17)11-8-7-10(9-16-11)15-18-13(3,4)14(5,6)19-15;/h7-9,17H,1-6H3;1H4/i1+1,2+1,12+1;. The summed E-state index contributed by atoms with van der Waals surface area (Å²) in [6.07, 6.45) is 1.70. The summed E-state index contributed by atoms with van der Waals surface area (Å²) in [5.41, 5.74) is -0.146. The smallest absolute Gasteiger partial charge is 0.399 e. The average molecular weight is 282 g/mol. The molecule has 1 aromatic heterocycles. The van der Waals surface area contributed by atoms with Crippen LogP contribution in [0.1, 0.15) is 54.7 Å². The summed E-state index contributed by atoms with van der Waals surface area (Å²) in [7, 11) is -0.409. The summed E-state index contributed by atoms with van der Waals surface area (Å²) in [6.45, 7) is 11.5. The van der Waals surface area contributed by atoms with Gasteiger partial charge in [-0.15, -0.1) is 0 Å². The molecule has 1 aromatic rings. The lowest BCUT2D eigenvalue weighted by atomic mass is 9.80. The highest BCUT2D eigenvalue weighted by Crippen LogP contribution is 2.36. The first-order valence-electron chi connectivity index (χ1n) is 6.57. The molecule has 0 saturated carbocycles. The lowest BCUT2D eigenvalue weighted by molar-refractivity contribution is 0.00578. The monoisotopic (exact) mass is 282 g/mol. The first-order chi connectivity index (χ1) is 8.53. The van der Waals surface area contributed by atoms with Gasteiger partial charge in [0.05, 0.1) is 16.9 Å². The molecule has 1 aliphatic heterocycles. The molecule has 1 aliphatic rings. The van der Waals surface area contributed by atoms with Crippen molar-refractivity contribution in [2.24, 2.45) is 0 Å². The third kappa shape index (κ3) is 3.05. The van der Waals surface area contributed by atoms with Crippen LogP contribution in [0.5, 0.6) is 0 Å². The number of hydrogen-bond acceptors (Lipinski definition) is 4.